The van der Waals surface area contributed by atoms with E-state index in [2.05, 4.69) is 10.3 Å². The minimum absolute atomic E-state index is 0.164. The lowest BCUT2D eigenvalue weighted by atomic mass is 10.1. The summed E-state index contributed by atoms with van der Waals surface area (Å²) in [5, 5.41) is 12.3. The van der Waals surface area contributed by atoms with Gasteiger partial charge in [-0.3, -0.25) is 9.78 Å². The van der Waals surface area contributed by atoms with Crippen molar-refractivity contribution in [1.82, 2.24) is 4.98 Å². The van der Waals surface area contributed by atoms with E-state index in [1.165, 1.54) is 0 Å². The summed E-state index contributed by atoms with van der Waals surface area (Å²) < 4.78 is 0. The first-order valence-corrected chi connectivity index (χ1v) is 5.18. The number of rotatable bonds is 2. The predicted octanol–water partition coefficient (Wildman–Crippen LogP) is 2.35. The lowest BCUT2D eigenvalue weighted by Gasteiger charge is -2.09. The lowest BCUT2D eigenvalue weighted by molar-refractivity contribution is 0.102. The monoisotopic (exact) mass is 228 g/mol. The van der Waals surface area contributed by atoms with Crippen LogP contribution in [0.2, 0.25) is 0 Å². The van der Waals surface area contributed by atoms with E-state index in [-0.39, 0.29) is 11.7 Å². The maximum Gasteiger partial charge on any atom is 0.255 e. The third-order valence-electron chi connectivity index (χ3n) is 2.50. The van der Waals surface area contributed by atoms with Gasteiger partial charge in [-0.1, -0.05) is 6.07 Å². The van der Waals surface area contributed by atoms with Crippen LogP contribution in [0.5, 0.6) is 5.75 Å². The molecule has 0 fully saturated rings. The Morgan fingerprint density at radius 1 is 1.24 bits per heavy atom. The Bertz CT molecular complexity index is 538. The Balaban J connectivity index is 2.22. The highest BCUT2D eigenvalue weighted by molar-refractivity contribution is 6.04. The van der Waals surface area contributed by atoms with Gasteiger partial charge in [0.1, 0.15) is 5.75 Å². The molecular formula is C13H12N2O2. The summed E-state index contributed by atoms with van der Waals surface area (Å²) in [6.45, 7) is 1.75. The van der Waals surface area contributed by atoms with Crippen LogP contribution in [-0.2, 0) is 0 Å². The molecule has 0 bridgehead atoms. The van der Waals surface area contributed by atoms with Gasteiger partial charge in [0.05, 0.1) is 0 Å². The molecule has 0 saturated carbocycles. The quantitative estimate of drug-likeness (QED) is 0.829. The second kappa shape index (κ2) is 4.65. The van der Waals surface area contributed by atoms with Crippen LogP contribution in [0.4, 0.5) is 5.69 Å². The number of hydrogen-bond acceptors (Lipinski definition) is 3. The number of carbonyl (C=O) groups excluding carboxylic acids is 1. The number of anilines is 1. The van der Waals surface area contributed by atoms with E-state index in [0.29, 0.717) is 16.8 Å². The molecule has 1 amide bonds. The van der Waals surface area contributed by atoms with Crippen LogP contribution in [0.15, 0.2) is 42.7 Å². The van der Waals surface area contributed by atoms with Crippen LogP contribution in [0.25, 0.3) is 0 Å². The summed E-state index contributed by atoms with van der Waals surface area (Å²) in [6.07, 6.45) is 3.12. The SMILES string of the molecule is Cc1c(O)cccc1NC(=O)c1ccncc1. The normalized spacial score (nSPS) is 9.94. The summed E-state index contributed by atoms with van der Waals surface area (Å²) in [5.74, 6) is -0.0568. The molecular weight excluding hydrogens is 216 g/mol. The molecule has 2 rings (SSSR count). The molecule has 0 saturated heterocycles. The van der Waals surface area contributed by atoms with Crippen LogP contribution < -0.4 is 5.32 Å². The van der Waals surface area contributed by atoms with E-state index in [1.54, 1.807) is 49.6 Å². The zero-order valence-corrected chi connectivity index (χ0v) is 9.34. The second-order valence-electron chi connectivity index (χ2n) is 3.64. The molecule has 4 heteroatoms. The van der Waals surface area contributed by atoms with E-state index in [4.69, 9.17) is 0 Å². The van der Waals surface area contributed by atoms with Gasteiger partial charge in [0, 0.05) is 29.2 Å². The van der Waals surface area contributed by atoms with E-state index in [1.807, 2.05) is 0 Å². The number of nitrogens with one attached hydrogen (secondary N) is 1. The highest BCUT2D eigenvalue weighted by Gasteiger charge is 2.08. The number of nitrogens with zero attached hydrogens (tertiary/aromatic N) is 1. The van der Waals surface area contributed by atoms with Crippen molar-refractivity contribution >= 4 is 11.6 Å². The molecule has 0 aliphatic rings. The second-order valence-corrected chi connectivity index (χ2v) is 3.64. The first-order chi connectivity index (χ1) is 8.18. The largest absolute Gasteiger partial charge is 0.508 e. The van der Waals surface area contributed by atoms with Gasteiger partial charge in [-0.2, -0.15) is 0 Å². The number of aromatic nitrogens is 1. The molecule has 2 N–H and O–H groups in total. The molecule has 0 radical (unpaired) electrons. The van der Waals surface area contributed by atoms with E-state index in [0.717, 1.165) is 0 Å². The lowest BCUT2D eigenvalue weighted by Crippen LogP contribution is -2.12. The number of pyridine rings is 1. The van der Waals surface area contributed by atoms with Crippen molar-refractivity contribution in [2.45, 2.75) is 6.92 Å². The van der Waals surface area contributed by atoms with Gasteiger partial charge in [0.2, 0.25) is 0 Å². The number of phenolic OH excluding ortho intramolecular Hbond substituents is 1. The Morgan fingerprint density at radius 3 is 2.65 bits per heavy atom. The zero-order valence-electron chi connectivity index (χ0n) is 9.34. The Morgan fingerprint density at radius 2 is 1.94 bits per heavy atom. The number of phenols is 1. The molecule has 0 unspecified atom stereocenters. The molecule has 0 atom stereocenters. The molecule has 0 spiro atoms. The minimum Gasteiger partial charge on any atom is -0.508 e. The van der Waals surface area contributed by atoms with E-state index >= 15 is 0 Å². The molecule has 86 valence electrons. The number of carbonyl (C=O) groups is 1. The van der Waals surface area contributed by atoms with E-state index in [9.17, 15) is 9.90 Å². The number of aromatic hydroxyl groups is 1. The van der Waals surface area contributed by atoms with Crippen molar-refractivity contribution in [2.24, 2.45) is 0 Å². The average Bonchev–Trinajstić information content (AvgIpc) is 2.36. The third kappa shape index (κ3) is 2.42. The van der Waals surface area contributed by atoms with Gasteiger partial charge in [0.15, 0.2) is 0 Å². The third-order valence-corrected chi connectivity index (χ3v) is 2.50. The molecule has 4 nitrogen and oxygen atoms in total. The molecule has 1 aromatic heterocycles. The zero-order chi connectivity index (χ0) is 12.3. The summed E-state index contributed by atoms with van der Waals surface area (Å²) >= 11 is 0. The van der Waals surface area contributed by atoms with Crippen molar-refractivity contribution in [3.8, 4) is 5.75 Å². The summed E-state index contributed by atoms with van der Waals surface area (Å²) in [5.41, 5.74) is 1.78. The highest BCUT2D eigenvalue weighted by atomic mass is 16.3. The molecule has 1 aromatic carbocycles. The Kier molecular flexibility index (Phi) is 3.05. The van der Waals surface area contributed by atoms with Gasteiger partial charge in [0.25, 0.3) is 5.91 Å². The fraction of sp³-hybridized carbons (Fsp3) is 0.0769. The van der Waals surface area contributed by atoms with Crippen LogP contribution in [-0.4, -0.2) is 16.0 Å². The first kappa shape index (κ1) is 11.1. The van der Waals surface area contributed by atoms with Crippen LogP contribution >= 0.6 is 0 Å². The van der Waals surface area contributed by atoms with Gasteiger partial charge in [-0.05, 0) is 31.2 Å². The Labute approximate surface area is 98.9 Å². The average molecular weight is 228 g/mol. The Hall–Kier alpha value is -2.36. The minimum atomic E-state index is -0.221. The smallest absolute Gasteiger partial charge is 0.255 e. The van der Waals surface area contributed by atoms with Crippen molar-refractivity contribution in [3.63, 3.8) is 0 Å². The van der Waals surface area contributed by atoms with Gasteiger partial charge >= 0.3 is 0 Å². The molecule has 0 aliphatic carbocycles. The fourth-order valence-corrected chi connectivity index (χ4v) is 1.46. The number of hydrogen-bond donors (Lipinski definition) is 2. The molecule has 17 heavy (non-hydrogen) atoms. The standard InChI is InChI=1S/C13H12N2O2/c1-9-11(3-2-4-12(9)16)15-13(17)10-5-7-14-8-6-10/h2-8,16H,1H3,(H,15,17). The molecule has 1 heterocycles. The fourth-order valence-electron chi connectivity index (χ4n) is 1.46. The van der Waals surface area contributed by atoms with E-state index < -0.39 is 0 Å². The van der Waals surface area contributed by atoms with Crippen LogP contribution in [0.1, 0.15) is 15.9 Å². The van der Waals surface area contributed by atoms with Gasteiger partial charge < -0.3 is 10.4 Å². The van der Waals surface area contributed by atoms with Crippen molar-refractivity contribution in [1.29, 1.82) is 0 Å². The van der Waals surface area contributed by atoms with Crippen LogP contribution in [0.3, 0.4) is 0 Å². The maximum atomic E-state index is 11.9. The molecule has 2 aromatic rings. The summed E-state index contributed by atoms with van der Waals surface area (Å²) in [7, 11) is 0. The van der Waals surface area contributed by atoms with Gasteiger partial charge in [-0.25, -0.2) is 0 Å². The van der Waals surface area contributed by atoms with Gasteiger partial charge in [-0.15, -0.1) is 0 Å². The van der Waals surface area contributed by atoms with Crippen molar-refractivity contribution < 1.29 is 9.90 Å². The number of benzene rings is 1. The highest BCUT2D eigenvalue weighted by Crippen LogP contribution is 2.24. The van der Waals surface area contributed by atoms with Crippen molar-refractivity contribution in [3.05, 3.63) is 53.9 Å². The molecule has 0 aliphatic heterocycles. The van der Waals surface area contributed by atoms with Crippen molar-refractivity contribution in [2.75, 3.05) is 5.32 Å². The maximum absolute atomic E-state index is 11.9. The number of amides is 1. The summed E-state index contributed by atoms with van der Waals surface area (Å²) in [6, 6.07) is 8.27. The predicted molar refractivity (Wildman–Crippen MR) is 65.0 cm³/mol. The van der Waals surface area contributed by atoms with Crippen LogP contribution in [0, 0.1) is 6.92 Å². The topological polar surface area (TPSA) is 62.2 Å². The summed E-state index contributed by atoms with van der Waals surface area (Å²) in [4.78, 5) is 15.7. The first-order valence-electron chi connectivity index (χ1n) is 5.18.